The number of fused-ring (bicyclic) bond motifs is 3. The number of nitrogens with one attached hydrogen (secondary N) is 1. The quantitative estimate of drug-likeness (QED) is 0.608. The van der Waals surface area contributed by atoms with E-state index in [9.17, 15) is 15.2 Å². The number of aliphatic hydroxyl groups excluding tert-OH is 1. The third kappa shape index (κ3) is 3.41. The van der Waals surface area contributed by atoms with Crippen LogP contribution in [0.15, 0.2) is 54.6 Å². The van der Waals surface area contributed by atoms with Crippen LogP contribution in [0.5, 0.6) is 0 Å². The Hall–Kier alpha value is -3.23. The molecule has 2 aliphatic carbocycles. The van der Waals surface area contributed by atoms with Crippen LogP contribution in [0, 0.1) is 29.1 Å². The van der Waals surface area contributed by atoms with Crippen molar-refractivity contribution in [1.82, 2.24) is 10.2 Å². The second-order valence-electron chi connectivity index (χ2n) is 9.51. The molecule has 3 aromatic rings. The van der Waals surface area contributed by atoms with Gasteiger partial charge in [0.1, 0.15) is 5.92 Å². The average Bonchev–Trinajstić information content (AvgIpc) is 3.30. The highest BCUT2D eigenvalue weighted by molar-refractivity contribution is 5.87. The van der Waals surface area contributed by atoms with Crippen LogP contribution in [0.3, 0.4) is 0 Å². The van der Waals surface area contributed by atoms with Crippen LogP contribution in [-0.2, 0) is 23.1 Å². The molecule has 2 aromatic carbocycles. The maximum absolute atomic E-state index is 13.0. The number of carbonyl (C=O) groups excluding carboxylic acids is 1. The summed E-state index contributed by atoms with van der Waals surface area (Å²) in [6.45, 7) is 2.18. The number of hydrogen-bond donors (Lipinski definition) is 2. The lowest BCUT2D eigenvalue weighted by molar-refractivity contribution is -0.131. The van der Waals surface area contributed by atoms with E-state index in [1.54, 1.807) is 0 Å². The van der Waals surface area contributed by atoms with Crippen LogP contribution in [0.25, 0.3) is 11.3 Å². The second kappa shape index (κ2) is 8.61. The van der Waals surface area contributed by atoms with E-state index in [1.165, 1.54) is 11.1 Å². The first-order valence-corrected chi connectivity index (χ1v) is 11.9. The number of aromatic amines is 1. The summed E-state index contributed by atoms with van der Waals surface area (Å²) in [6, 6.07) is 21.1. The van der Waals surface area contributed by atoms with E-state index in [4.69, 9.17) is 5.10 Å². The molecule has 0 amide bonds. The van der Waals surface area contributed by atoms with Crippen LogP contribution < -0.4 is 0 Å². The number of nitrogens with zero attached hydrogens (tertiary/aromatic N) is 2. The number of H-pyrrole nitrogens is 1. The molecule has 0 radical (unpaired) electrons. The predicted molar refractivity (Wildman–Crippen MR) is 126 cm³/mol. The fourth-order valence-electron chi connectivity index (χ4n) is 6.29. The Labute approximate surface area is 194 Å². The van der Waals surface area contributed by atoms with Crippen molar-refractivity contribution in [2.24, 2.45) is 17.8 Å². The molecule has 1 aromatic heterocycles. The number of aromatic nitrogens is 2. The fourth-order valence-corrected chi connectivity index (χ4v) is 6.29. The molecule has 5 rings (SSSR count). The van der Waals surface area contributed by atoms with Crippen molar-refractivity contribution in [3.8, 4) is 17.3 Å². The van der Waals surface area contributed by atoms with Gasteiger partial charge in [-0.05, 0) is 55.2 Å². The van der Waals surface area contributed by atoms with Crippen LogP contribution >= 0.6 is 0 Å². The third-order valence-corrected chi connectivity index (χ3v) is 7.84. The molecule has 2 aliphatic rings. The molecule has 0 spiro atoms. The van der Waals surface area contributed by atoms with E-state index >= 15 is 0 Å². The molecule has 0 bridgehead atoms. The summed E-state index contributed by atoms with van der Waals surface area (Å²) < 4.78 is 0. The van der Waals surface area contributed by atoms with E-state index in [1.807, 2.05) is 25.1 Å². The molecule has 33 heavy (non-hydrogen) atoms. The highest BCUT2D eigenvalue weighted by Gasteiger charge is 2.56. The van der Waals surface area contributed by atoms with Crippen molar-refractivity contribution in [3.05, 3.63) is 77.0 Å². The topological polar surface area (TPSA) is 89.8 Å². The molecule has 0 aliphatic heterocycles. The van der Waals surface area contributed by atoms with Gasteiger partial charge in [0.15, 0.2) is 5.78 Å². The van der Waals surface area contributed by atoms with Gasteiger partial charge in [-0.2, -0.15) is 10.4 Å². The minimum Gasteiger partial charge on any atom is -0.396 e. The smallest absolute Gasteiger partial charge is 0.153 e. The van der Waals surface area contributed by atoms with Crippen LogP contribution in [0.4, 0.5) is 0 Å². The zero-order chi connectivity index (χ0) is 23.0. The first kappa shape index (κ1) is 21.6. The van der Waals surface area contributed by atoms with Crippen molar-refractivity contribution in [2.45, 2.75) is 44.4 Å². The summed E-state index contributed by atoms with van der Waals surface area (Å²) >= 11 is 0. The molecule has 2 unspecified atom stereocenters. The van der Waals surface area contributed by atoms with Crippen molar-refractivity contribution < 1.29 is 9.90 Å². The Bertz CT molecular complexity index is 1210. The lowest BCUT2D eigenvalue weighted by Crippen LogP contribution is -2.52. The molecular weight excluding hydrogens is 410 g/mol. The summed E-state index contributed by atoms with van der Waals surface area (Å²) in [5, 5.41) is 27.3. The number of Topliss-reactive ketones (excluding diaryl/α,β-unsaturated/α-hetero) is 1. The molecule has 1 fully saturated rings. The number of benzene rings is 2. The number of aliphatic hydroxyl groups is 1. The number of carbonyl (C=O) groups is 1. The summed E-state index contributed by atoms with van der Waals surface area (Å²) in [7, 11) is 0. The molecule has 5 heteroatoms. The summed E-state index contributed by atoms with van der Waals surface area (Å²) in [5.74, 6) is -0.580. The number of nitriles is 1. The highest BCUT2D eigenvalue weighted by atomic mass is 16.2. The van der Waals surface area contributed by atoms with Gasteiger partial charge in [0.2, 0.25) is 0 Å². The fraction of sp³-hybridized carbons (Fsp3) is 0.393. The Morgan fingerprint density at radius 2 is 2.03 bits per heavy atom. The van der Waals surface area contributed by atoms with Gasteiger partial charge in [-0.25, -0.2) is 0 Å². The standard InChI is InChI=1S/C28H29N3O2/c1-18-24-13-12-23-25(20-9-5-7-19(15-20)8-6-14-32)30-31-27(23)28(24,16-21(17-29)26(18)33)22-10-3-2-4-11-22/h2-5,7,9-11,15,18,21,24,32H,6,8,12-14,16H2,1H3,(H,30,31)/t18-,21?,24?,28-/m0/s1. The normalized spacial score (nSPS) is 26.3. The molecular formula is C28H29N3O2. The van der Waals surface area contributed by atoms with Crippen LogP contribution in [0.1, 0.15) is 48.6 Å². The molecule has 1 saturated carbocycles. The van der Waals surface area contributed by atoms with E-state index < -0.39 is 11.3 Å². The maximum Gasteiger partial charge on any atom is 0.153 e. The van der Waals surface area contributed by atoms with Gasteiger partial charge in [-0.1, -0.05) is 55.5 Å². The first-order valence-electron chi connectivity index (χ1n) is 11.9. The van der Waals surface area contributed by atoms with Gasteiger partial charge in [-0.3, -0.25) is 9.89 Å². The van der Waals surface area contributed by atoms with Crippen molar-refractivity contribution in [1.29, 1.82) is 5.26 Å². The van der Waals surface area contributed by atoms with Crippen molar-refractivity contribution in [2.75, 3.05) is 6.61 Å². The zero-order valence-electron chi connectivity index (χ0n) is 18.9. The Morgan fingerprint density at radius 3 is 2.79 bits per heavy atom. The van der Waals surface area contributed by atoms with Gasteiger partial charge in [0.05, 0.1) is 11.8 Å². The summed E-state index contributed by atoms with van der Waals surface area (Å²) in [6.07, 6.45) is 3.81. The molecule has 0 saturated heterocycles. The monoisotopic (exact) mass is 439 g/mol. The average molecular weight is 440 g/mol. The van der Waals surface area contributed by atoms with Crippen LogP contribution in [0.2, 0.25) is 0 Å². The zero-order valence-corrected chi connectivity index (χ0v) is 18.9. The number of rotatable bonds is 5. The Morgan fingerprint density at radius 1 is 1.21 bits per heavy atom. The maximum atomic E-state index is 13.0. The second-order valence-corrected chi connectivity index (χ2v) is 9.51. The third-order valence-electron chi connectivity index (χ3n) is 7.84. The largest absolute Gasteiger partial charge is 0.396 e. The number of hydrogen-bond acceptors (Lipinski definition) is 4. The van der Waals surface area contributed by atoms with Crippen molar-refractivity contribution in [3.63, 3.8) is 0 Å². The Kier molecular flexibility index (Phi) is 5.64. The lowest BCUT2D eigenvalue weighted by atomic mass is 9.51. The van der Waals surface area contributed by atoms with E-state index in [0.717, 1.165) is 48.2 Å². The first-order chi connectivity index (χ1) is 16.1. The highest BCUT2D eigenvalue weighted by Crippen LogP contribution is 2.56. The minimum absolute atomic E-state index is 0.0776. The van der Waals surface area contributed by atoms with Crippen molar-refractivity contribution >= 4 is 5.78 Å². The number of ketones is 1. The van der Waals surface area contributed by atoms with Gasteiger partial charge >= 0.3 is 0 Å². The summed E-state index contributed by atoms with van der Waals surface area (Å²) in [4.78, 5) is 13.0. The van der Waals surface area contributed by atoms with Gasteiger partial charge in [0.25, 0.3) is 0 Å². The van der Waals surface area contributed by atoms with E-state index in [-0.39, 0.29) is 24.2 Å². The number of aryl methyl sites for hydroxylation is 1. The summed E-state index contributed by atoms with van der Waals surface area (Å²) in [5.41, 5.74) is 6.22. The van der Waals surface area contributed by atoms with E-state index in [2.05, 4.69) is 47.6 Å². The van der Waals surface area contributed by atoms with Crippen LogP contribution in [-0.4, -0.2) is 27.7 Å². The van der Waals surface area contributed by atoms with Gasteiger partial charge in [-0.15, -0.1) is 0 Å². The molecule has 168 valence electrons. The predicted octanol–water partition coefficient (Wildman–Crippen LogP) is 4.60. The lowest BCUT2D eigenvalue weighted by Gasteiger charge is -2.50. The molecule has 4 atom stereocenters. The molecule has 2 N–H and O–H groups in total. The molecule has 1 heterocycles. The minimum atomic E-state index is -0.615. The SMILES string of the molecule is C[C@@H]1C(=O)C(C#N)C[C@@]2(c3ccccc3)c3[nH]nc(-c4cccc(CCCO)c4)c3CCC12. The van der Waals surface area contributed by atoms with Gasteiger partial charge in [0, 0.05) is 34.8 Å². The van der Waals surface area contributed by atoms with E-state index in [0.29, 0.717) is 6.42 Å². The molecule has 5 nitrogen and oxygen atoms in total. The van der Waals surface area contributed by atoms with Gasteiger partial charge < -0.3 is 5.11 Å². The Balaban J connectivity index is 1.67.